The third-order valence-electron chi connectivity index (χ3n) is 3.64. The van der Waals surface area contributed by atoms with Gasteiger partial charge in [0.15, 0.2) is 0 Å². The second kappa shape index (κ2) is 8.84. The van der Waals surface area contributed by atoms with Gasteiger partial charge in [0.2, 0.25) is 0 Å². The van der Waals surface area contributed by atoms with E-state index in [0.29, 0.717) is 24.3 Å². The molecule has 2 amide bonds. The number of carbonyl (C=O) groups excluding carboxylic acids is 2. The molecule has 0 saturated heterocycles. The van der Waals surface area contributed by atoms with Gasteiger partial charge in [-0.25, -0.2) is 0 Å². The molecule has 132 valence electrons. The molecule has 0 heterocycles. The smallest absolute Gasteiger partial charge is 0.255 e. The van der Waals surface area contributed by atoms with Crippen molar-refractivity contribution >= 4 is 23.2 Å². The lowest BCUT2D eigenvalue weighted by Crippen LogP contribution is -2.26. The summed E-state index contributed by atoms with van der Waals surface area (Å²) >= 11 is 0. The van der Waals surface area contributed by atoms with Crippen LogP contribution >= 0.6 is 0 Å². The van der Waals surface area contributed by atoms with Crippen LogP contribution in [0.3, 0.4) is 0 Å². The second-order valence-corrected chi connectivity index (χ2v) is 5.72. The Bertz CT molecular complexity index is 710. The fourth-order valence-electron chi connectivity index (χ4n) is 2.19. The van der Waals surface area contributed by atoms with Gasteiger partial charge in [-0.15, -0.1) is 0 Å². The molecule has 0 aliphatic carbocycles. The van der Waals surface area contributed by atoms with Crippen molar-refractivity contribution in [2.24, 2.45) is 0 Å². The molecule has 0 aliphatic heterocycles. The fraction of sp³-hybridized carbons (Fsp3) is 0.263. The minimum absolute atomic E-state index is 0.191. The Morgan fingerprint density at radius 1 is 0.920 bits per heavy atom. The molecule has 0 atom stereocenters. The van der Waals surface area contributed by atoms with Crippen molar-refractivity contribution in [1.29, 1.82) is 0 Å². The number of rotatable bonds is 7. The van der Waals surface area contributed by atoms with E-state index in [0.717, 1.165) is 11.4 Å². The SMILES string of the molecule is COCCNC(=O)c1ccc(C(=O)Nc2ccc(N(C)C)cc2)cc1. The predicted octanol–water partition coefficient (Wildman–Crippen LogP) is 2.38. The molecule has 2 aromatic carbocycles. The first-order valence-corrected chi connectivity index (χ1v) is 7.97. The van der Waals surface area contributed by atoms with E-state index in [9.17, 15) is 9.59 Å². The number of methoxy groups -OCH3 is 1. The summed E-state index contributed by atoms with van der Waals surface area (Å²) in [5.41, 5.74) is 2.77. The van der Waals surface area contributed by atoms with Gasteiger partial charge in [-0.1, -0.05) is 0 Å². The third-order valence-corrected chi connectivity index (χ3v) is 3.64. The van der Waals surface area contributed by atoms with E-state index < -0.39 is 0 Å². The number of anilines is 2. The van der Waals surface area contributed by atoms with Gasteiger partial charge >= 0.3 is 0 Å². The average molecular weight is 341 g/mol. The molecule has 2 aromatic rings. The summed E-state index contributed by atoms with van der Waals surface area (Å²) < 4.78 is 4.89. The summed E-state index contributed by atoms with van der Waals surface area (Å²) in [6.07, 6.45) is 0. The highest BCUT2D eigenvalue weighted by Crippen LogP contribution is 2.16. The Morgan fingerprint density at radius 2 is 1.48 bits per heavy atom. The number of nitrogens with zero attached hydrogens (tertiary/aromatic N) is 1. The predicted molar refractivity (Wildman–Crippen MR) is 99.4 cm³/mol. The number of amides is 2. The van der Waals surface area contributed by atoms with Crippen LogP contribution < -0.4 is 15.5 Å². The van der Waals surface area contributed by atoms with Crippen LogP contribution in [0, 0.1) is 0 Å². The molecule has 0 saturated carbocycles. The standard InChI is InChI=1S/C19H23N3O3/c1-22(2)17-10-8-16(9-11-17)21-19(24)15-6-4-14(5-7-15)18(23)20-12-13-25-3/h4-11H,12-13H2,1-3H3,(H,20,23)(H,21,24). The number of benzene rings is 2. The van der Waals surface area contributed by atoms with Crippen molar-refractivity contribution in [1.82, 2.24) is 5.32 Å². The molecule has 0 unspecified atom stereocenters. The molecule has 6 heteroatoms. The summed E-state index contributed by atoms with van der Waals surface area (Å²) in [6, 6.07) is 14.1. The first-order valence-electron chi connectivity index (χ1n) is 7.97. The first kappa shape index (κ1) is 18.5. The molecule has 6 nitrogen and oxygen atoms in total. The van der Waals surface area contributed by atoms with Crippen LogP contribution in [0.2, 0.25) is 0 Å². The molecule has 2 rings (SSSR count). The van der Waals surface area contributed by atoms with E-state index in [-0.39, 0.29) is 11.8 Å². The number of hydrogen-bond acceptors (Lipinski definition) is 4. The highest BCUT2D eigenvalue weighted by atomic mass is 16.5. The topological polar surface area (TPSA) is 70.7 Å². The molecular formula is C19H23N3O3. The minimum Gasteiger partial charge on any atom is -0.383 e. The van der Waals surface area contributed by atoms with Crippen LogP contribution in [0.1, 0.15) is 20.7 Å². The Balaban J connectivity index is 1.96. The van der Waals surface area contributed by atoms with Gasteiger partial charge in [0.25, 0.3) is 11.8 Å². The van der Waals surface area contributed by atoms with Gasteiger partial charge in [0.1, 0.15) is 0 Å². The van der Waals surface area contributed by atoms with Gasteiger partial charge in [0.05, 0.1) is 6.61 Å². The van der Waals surface area contributed by atoms with Gasteiger partial charge < -0.3 is 20.3 Å². The highest BCUT2D eigenvalue weighted by molar-refractivity contribution is 6.05. The van der Waals surface area contributed by atoms with Crippen molar-refractivity contribution in [3.05, 3.63) is 59.7 Å². The minimum atomic E-state index is -0.219. The van der Waals surface area contributed by atoms with Crippen LogP contribution in [0.15, 0.2) is 48.5 Å². The summed E-state index contributed by atoms with van der Waals surface area (Å²) in [7, 11) is 5.49. The average Bonchev–Trinajstić information content (AvgIpc) is 2.62. The van der Waals surface area contributed by atoms with Gasteiger partial charge in [0, 0.05) is 50.3 Å². The highest BCUT2D eigenvalue weighted by Gasteiger charge is 2.09. The van der Waals surface area contributed by atoms with Crippen LogP contribution in [-0.2, 0) is 4.74 Å². The maximum Gasteiger partial charge on any atom is 0.255 e. The first-order chi connectivity index (χ1) is 12.0. The molecule has 25 heavy (non-hydrogen) atoms. The summed E-state index contributed by atoms with van der Waals surface area (Å²) in [5, 5.41) is 5.57. The van der Waals surface area contributed by atoms with Crippen LogP contribution in [-0.4, -0.2) is 46.2 Å². The lowest BCUT2D eigenvalue weighted by molar-refractivity contribution is 0.0935. The Morgan fingerprint density at radius 3 is 2.00 bits per heavy atom. The van der Waals surface area contributed by atoms with E-state index in [2.05, 4.69) is 10.6 Å². The normalized spacial score (nSPS) is 10.2. The number of carbonyl (C=O) groups is 2. The van der Waals surface area contributed by atoms with Gasteiger partial charge in [-0.05, 0) is 48.5 Å². The number of hydrogen-bond donors (Lipinski definition) is 2. The van der Waals surface area contributed by atoms with Crippen LogP contribution in [0.5, 0.6) is 0 Å². The lowest BCUT2D eigenvalue weighted by Gasteiger charge is -2.13. The molecule has 0 bridgehead atoms. The van der Waals surface area contributed by atoms with Gasteiger partial charge in [-0.3, -0.25) is 9.59 Å². The van der Waals surface area contributed by atoms with Crippen LogP contribution in [0.25, 0.3) is 0 Å². The maximum absolute atomic E-state index is 12.3. The van der Waals surface area contributed by atoms with Crippen molar-refractivity contribution in [2.45, 2.75) is 0 Å². The lowest BCUT2D eigenvalue weighted by atomic mass is 10.1. The second-order valence-electron chi connectivity index (χ2n) is 5.72. The van der Waals surface area contributed by atoms with Crippen molar-refractivity contribution in [3.8, 4) is 0 Å². The van der Waals surface area contributed by atoms with E-state index in [4.69, 9.17) is 4.74 Å². The molecule has 0 spiro atoms. The third kappa shape index (κ3) is 5.32. The molecule has 0 aliphatic rings. The number of nitrogens with one attached hydrogen (secondary N) is 2. The summed E-state index contributed by atoms with van der Waals surface area (Å²) in [4.78, 5) is 26.2. The summed E-state index contributed by atoms with van der Waals surface area (Å²) in [5.74, 6) is -0.410. The molecular weight excluding hydrogens is 318 g/mol. The monoisotopic (exact) mass is 341 g/mol. The van der Waals surface area contributed by atoms with Crippen LogP contribution in [0.4, 0.5) is 11.4 Å². The molecule has 0 aromatic heterocycles. The molecule has 0 radical (unpaired) electrons. The Hall–Kier alpha value is -2.86. The zero-order valence-electron chi connectivity index (χ0n) is 14.7. The Kier molecular flexibility index (Phi) is 6.54. The fourth-order valence-corrected chi connectivity index (χ4v) is 2.19. The van der Waals surface area contributed by atoms with E-state index >= 15 is 0 Å². The number of ether oxygens (including phenoxy) is 1. The zero-order chi connectivity index (χ0) is 18.2. The van der Waals surface area contributed by atoms with E-state index in [1.165, 1.54) is 0 Å². The van der Waals surface area contributed by atoms with Crippen molar-refractivity contribution < 1.29 is 14.3 Å². The molecule has 2 N–H and O–H groups in total. The van der Waals surface area contributed by atoms with Crippen molar-refractivity contribution in [3.63, 3.8) is 0 Å². The maximum atomic E-state index is 12.3. The summed E-state index contributed by atoms with van der Waals surface area (Å²) in [6.45, 7) is 0.902. The van der Waals surface area contributed by atoms with E-state index in [1.54, 1.807) is 31.4 Å². The Labute approximate surface area is 147 Å². The van der Waals surface area contributed by atoms with Gasteiger partial charge in [-0.2, -0.15) is 0 Å². The molecule has 0 fully saturated rings. The quantitative estimate of drug-likeness (QED) is 0.759. The van der Waals surface area contributed by atoms with Crippen molar-refractivity contribution in [2.75, 3.05) is 44.6 Å². The zero-order valence-corrected chi connectivity index (χ0v) is 14.7. The van der Waals surface area contributed by atoms with E-state index in [1.807, 2.05) is 43.3 Å². The largest absolute Gasteiger partial charge is 0.383 e.